The fourth-order valence-corrected chi connectivity index (χ4v) is 2.83. The van der Waals surface area contributed by atoms with Crippen LogP contribution in [0.3, 0.4) is 0 Å². The van der Waals surface area contributed by atoms with E-state index < -0.39 is 11.2 Å². The van der Waals surface area contributed by atoms with Crippen LogP contribution in [0.1, 0.15) is 27.2 Å². The van der Waals surface area contributed by atoms with Gasteiger partial charge in [-0.25, -0.2) is 9.78 Å². The van der Waals surface area contributed by atoms with E-state index in [-0.39, 0.29) is 0 Å². The van der Waals surface area contributed by atoms with Gasteiger partial charge in [0.2, 0.25) is 0 Å². The molecule has 20 heavy (non-hydrogen) atoms. The van der Waals surface area contributed by atoms with Gasteiger partial charge in [0.1, 0.15) is 0 Å². The molecule has 0 amide bonds. The van der Waals surface area contributed by atoms with Crippen molar-refractivity contribution >= 4 is 22.9 Å². The molecule has 0 aliphatic heterocycles. The van der Waals surface area contributed by atoms with Crippen LogP contribution in [0.4, 0.5) is 0 Å². The lowest BCUT2D eigenvalue weighted by Crippen LogP contribution is -2.29. The standard InChI is InChI=1S/C13H20N4O2S/c1-5-20-13-14-9-10(18)15-12(19)16(4)11(9)17(13)7-6-8(2)3/h8H,5-7H2,1-4H3,(H,15,18,19). The third kappa shape index (κ3) is 2.67. The third-order valence-electron chi connectivity index (χ3n) is 3.17. The Kier molecular flexibility index (Phi) is 4.37. The number of nitrogens with zero attached hydrogens (tertiary/aromatic N) is 3. The molecule has 2 aromatic rings. The molecule has 110 valence electrons. The Hall–Kier alpha value is -1.50. The van der Waals surface area contributed by atoms with E-state index in [1.165, 1.54) is 4.57 Å². The predicted octanol–water partition coefficient (Wildman–Crippen LogP) is 1.58. The Balaban J connectivity index is 2.69. The first-order valence-corrected chi connectivity index (χ1v) is 7.76. The molecule has 0 aliphatic rings. The maximum atomic E-state index is 11.9. The summed E-state index contributed by atoms with van der Waals surface area (Å²) in [5.41, 5.74) is 0.132. The molecule has 0 unspecified atom stereocenters. The smallest absolute Gasteiger partial charge is 0.305 e. The van der Waals surface area contributed by atoms with Gasteiger partial charge in [-0.3, -0.25) is 14.3 Å². The van der Waals surface area contributed by atoms with Crippen LogP contribution in [-0.4, -0.2) is 24.9 Å². The number of aromatic nitrogens is 4. The molecule has 6 nitrogen and oxygen atoms in total. The maximum absolute atomic E-state index is 11.9. The molecule has 0 saturated carbocycles. The number of aryl methyl sites for hydroxylation is 2. The number of hydrogen-bond donors (Lipinski definition) is 1. The number of rotatable bonds is 5. The highest BCUT2D eigenvalue weighted by atomic mass is 32.2. The van der Waals surface area contributed by atoms with Crippen molar-refractivity contribution in [1.82, 2.24) is 19.1 Å². The zero-order chi connectivity index (χ0) is 14.9. The van der Waals surface area contributed by atoms with Gasteiger partial charge in [-0.05, 0) is 18.1 Å². The second-order valence-electron chi connectivity index (χ2n) is 5.15. The molecule has 1 N–H and O–H groups in total. The minimum absolute atomic E-state index is 0.340. The molecular formula is C13H20N4O2S. The highest BCUT2D eigenvalue weighted by Crippen LogP contribution is 2.22. The highest BCUT2D eigenvalue weighted by Gasteiger charge is 2.17. The molecule has 0 aromatic carbocycles. The fourth-order valence-electron chi connectivity index (χ4n) is 2.08. The lowest BCUT2D eigenvalue weighted by atomic mass is 10.1. The van der Waals surface area contributed by atoms with Crippen molar-refractivity contribution in [1.29, 1.82) is 0 Å². The van der Waals surface area contributed by atoms with Gasteiger partial charge in [0.05, 0.1) is 0 Å². The lowest BCUT2D eigenvalue weighted by Gasteiger charge is -2.11. The number of nitrogens with one attached hydrogen (secondary N) is 1. The van der Waals surface area contributed by atoms with Gasteiger partial charge in [0, 0.05) is 13.6 Å². The van der Waals surface area contributed by atoms with Crippen molar-refractivity contribution in [2.75, 3.05) is 5.75 Å². The van der Waals surface area contributed by atoms with E-state index in [9.17, 15) is 9.59 Å². The van der Waals surface area contributed by atoms with E-state index in [0.717, 1.165) is 23.9 Å². The van der Waals surface area contributed by atoms with Gasteiger partial charge >= 0.3 is 5.69 Å². The first-order valence-electron chi connectivity index (χ1n) is 6.78. The monoisotopic (exact) mass is 296 g/mol. The summed E-state index contributed by atoms with van der Waals surface area (Å²) >= 11 is 1.59. The second kappa shape index (κ2) is 5.87. The topological polar surface area (TPSA) is 72.7 Å². The van der Waals surface area contributed by atoms with E-state index in [4.69, 9.17) is 0 Å². The molecule has 0 aliphatic carbocycles. The second-order valence-corrected chi connectivity index (χ2v) is 6.38. The summed E-state index contributed by atoms with van der Waals surface area (Å²) < 4.78 is 3.45. The number of aromatic amines is 1. The Bertz CT molecular complexity index is 726. The molecule has 0 atom stereocenters. The van der Waals surface area contributed by atoms with Gasteiger partial charge in [0.15, 0.2) is 16.3 Å². The first kappa shape index (κ1) is 14.9. The van der Waals surface area contributed by atoms with Crippen LogP contribution in [0.5, 0.6) is 0 Å². The molecule has 0 saturated heterocycles. The number of imidazole rings is 1. The molecular weight excluding hydrogens is 276 g/mol. The summed E-state index contributed by atoms with van der Waals surface area (Å²) in [5.74, 6) is 1.42. The normalized spacial score (nSPS) is 11.7. The third-order valence-corrected chi connectivity index (χ3v) is 4.03. The van der Waals surface area contributed by atoms with Crippen LogP contribution >= 0.6 is 11.8 Å². The number of H-pyrrole nitrogens is 1. The zero-order valence-corrected chi connectivity index (χ0v) is 13.1. The van der Waals surface area contributed by atoms with Crippen LogP contribution in [0.15, 0.2) is 14.7 Å². The SMILES string of the molecule is CCSc1nc2c(=O)[nH]c(=O)n(C)c2n1CCC(C)C. The van der Waals surface area contributed by atoms with Crippen LogP contribution in [0.2, 0.25) is 0 Å². The summed E-state index contributed by atoms with van der Waals surface area (Å²) in [7, 11) is 1.66. The Morgan fingerprint density at radius 2 is 2.05 bits per heavy atom. The van der Waals surface area contributed by atoms with Crippen molar-refractivity contribution in [3.63, 3.8) is 0 Å². The van der Waals surface area contributed by atoms with Crippen molar-refractivity contribution < 1.29 is 0 Å². The largest absolute Gasteiger partial charge is 0.329 e. The van der Waals surface area contributed by atoms with E-state index in [0.29, 0.717) is 17.1 Å². The molecule has 0 fully saturated rings. The van der Waals surface area contributed by atoms with E-state index in [1.807, 2.05) is 11.5 Å². The van der Waals surface area contributed by atoms with Crippen LogP contribution < -0.4 is 11.2 Å². The summed E-state index contributed by atoms with van der Waals surface area (Å²) in [5, 5.41) is 0.801. The van der Waals surface area contributed by atoms with E-state index >= 15 is 0 Å². The predicted molar refractivity (Wildman–Crippen MR) is 81.4 cm³/mol. The zero-order valence-electron chi connectivity index (χ0n) is 12.3. The summed E-state index contributed by atoms with van der Waals surface area (Å²) in [6.07, 6.45) is 0.976. The Morgan fingerprint density at radius 1 is 1.35 bits per heavy atom. The van der Waals surface area contributed by atoms with Gasteiger partial charge in [-0.2, -0.15) is 0 Å². The number of thioether (sulfide) groups is 1. The number of fused-ring (bicyclic) bond motifs is 1. The van der Waals surface area contributed by atoms with Crippen molar-refractivity contribution in [3.8, 4) is 0 Å². The minimum atomic E-state index is -0.413. The van der Waals surface area contributed by atoms with Crippen LogP contribution in [0.25, 0.3) is 11.2 Å². The average molecular weight is 296 g/mol. The average Bonchev–Trinajstić information content (AvgIpc) is 2.73. The van der Waals surface area contributed by atoms with Gasteiger partial charge < -0.3 is 4.57 Å². The van der Waals surface area contributed by atoms with Crippen LogP contribution in [-0.2, 0) is 13.6 Å². The Labute approximate surface area is 121 Å². The van der Waals surface area contributed by atoms with Gasteiger partial charge in [-0.1, -0.05) is 32.5 Å². The van der Waals surface area contributed by atoms with Crippen molar-refractivity contribution in [2.45, 2.75) is 38.9 Å². The van der Waals surface area contributed by atoms with Crippen molar-refractivity contribution in [2.24, 2.45) is 13.0 Å². The summed E-state index contributed by atoms with van der Waals surface area (Å²) in [6.45, 7) is 7.10. The minimum Gasteiger partial charge on any atom is -0.305 e. The summed E-state index contributed by atoms with van der Waals surface area (Å²) in [6, 6.07) is 0. The molecule has 7 heteroatoms. The summed E-state index contributed by atoms with van der Waals surface area (Å²) in [4.78, 5) is 30.4. The van der Waals surface area contributed by atoms with Gasteiger partial charge in [-0.15, -0.1) is 0 Å². The molecule has 2 heterocycles. The number of hydrogen-bond acceptors (Lipinski definition) is 4. The molecule has 0 bridgehead atoms. The molecule has 0 spiro atoms. The van der Waals surface area contributed by atoms with Crippen molar-refractivity contribution in [3.05, 3.63) is 20.8 Å². The molecule has 2 aromatic heterocycles. The first-order chi connectivity index (χ1) is 9.45. The molecule has 2 rings (SSSR count). The molecule has 0 radical (unpaired) electrons. The Morgan fingerprint density at radius 3 is 2.65 bits per heavy atom. The quantitative estimate of drug-likeness (QED) is 0.850. The highest BCUT2D eigenvalue weighted by molar-refractivity contribution is 7.99. The van der Waals surface area contributed by atoms with E-state index in [2.05, 4.69) is 23.8 Å². The fraction of sp³-hybridized carbons (Fsp3) is 0.615. The van der Waals surface area contributed by atoms with Gasteiger partial charge in [0.25, 0.3) is 5.56 Å². The lowest BCUT2D eigenvalue weighted by molar-refractivity contribution is 0.498. The van der Waals surface area contributed by atoms with E-state index in [1.54, 1.807) is 18.8 Å². The maximum Gasteiger partial charge on any atom is 0.329 e. The van der Waals surface area contributed by atoms with Crippen LogP contribution in [0, 0.1) is 5.92 Å².